The molecule has 1 atom stereocenters. The van der Waals surface area contributed by atoms with Crippen molar-refractivity contribution in [3.8, 4) is 0 Å². The van der Waals surface area contributed by atoms with Crippen LogP contribution in [0, 0.1) is 5.41 Å². The van der Waals surface area contributed by atoms with E-state index in [1.165, 1.54) is 12.7 Å². The fraction of sp³-hybridized carbons (Fsp3) is 0.625. The molecule has 24 heavy (non-hydrogen) atoms. The lowest BCUT2D eigenvalue weighted by Crippen LogP contribution is -2.41. The van der Waals surface area contributed by atoms with Crippen LogP contribution in [0.1, 0.15) is 25.7 Å². The van der Waals surface area contributed by atoms with E-state index < -0.39 is 0 Å². The van der Waals surface area contributed by atoms with E-state index in [9.17, 15) is 4.79 Å². The Hall–Kier alpha value is -2.22. The topological polar surface area (TPSA) is 91.2 Å². The third kappa shape index (κ3) is 2.60. The molecule has 1 spiro atoms. The van der Waals surface area contributed by atoms with Gasteiger partial charge in [0, 0.05) is 18.7 Å². The first-order valence-electron chi connectivity index (χ1n) is 8.31. The number of nitrogens with zero attached hydrogens (tertiary/aromatic N) is 4. The standard InChI is InChI=1S/C16H21N5O3/c1-23-6-5-21-9-11-14(18-10-19-15(11)20-21)17-8-12-16(3-2-4-16)7-13(22)24-12/h9-10,12H,2-8H2,1H3,(H,17,18,19,20). The number of anilines is 1. The summed E-state index contributed by atoms with van der Waals surface area (Å²) in [6, 6.07) is 0. The smallest absolute Gasteiger partial charge is 0.306 e. The number of carbonyl (C=O) groups is 1. The molecule has 0 radical (unpaired) electrons. The van der Waals surface area contributed by atoms with Gasteiger partial charge in [0.25, 0.3) is 0 Å². The highest BCUT2D eigenvalue weighted by atomic mass is 16.6. The Morgan fingerprint density at radius 3 is 3.08 bits per heavy atom. The van der Waals surface area contributed by atoms with E-state index in [1.54, 1.807) is 11.8 Å². The molecule has 128 valence electrons. The minimum atomic E-state index is -0.0817. The molecule has 8 heteroatoms. The van der Waals surface area contributed by atoms with E-state index in [0.29, 0.717) is 31.8 Å². The fourth-order valence-electron chi connectivity index (χ4n) is 3.63. The molecule has 8 nitrogen and oxygen atoms in total. The molecule has 2 fully saturated rings. The van der Waals surface area contributed by atoms with Crippen molar-refractivity contribution >= 4 is 22.8 Å². The molecular formula is C16H21N5O3. The maximum Gasteiger partial charge on any atom is 0.306 e. The van der Waals surface area contributed by atoms with Crippen LogP contribution in [0.15, 0.2) is 12.5 Å². The first-order valence-corrected chi connectivity index (χ1v) is 8.31. The summed E-state index contributed by atoms with van der Waals surface area (Å²) in [7, 11) is 1.66. The number of methoxy groups -OCH3 is 1. The van der Waals surface area contributed by atoms with Crippen LogP contribution in [-0.4, -0.2) is 52.1 Å². The average molecular weight is 331 g/mol. The summed E-state index contributed by atoms with van der Waals surface area (Å²) in [6.45, 7) is 1.82. The lowest BCUT2D eigenvalue weighted by atomic mass is 9.64. The van der Waals surface area contributed by atoms with Gasteiger partial charge >= 0.3 is 5.97 Å². The summed E-state index contributed by atoms with van der Waals surface area (Å²) in [5.41, 5.74) is 0.684. The molecule has 3 heterocycles. The third-order valence-corrected chi connectivity index (χ3v) is 5.15. The molecule has 1 saturated heterocycles. The second kappa shape index (κ2) is 6.01. The van der Waals surface area contributed by atoms with Gasteiger partial charge in [-0.2, -0.15) is 5.10 Å². The number of fused-ring (bicyclic) bond motifs is 1. The molecule has 1 N–H and O–H groups in total. The van der Waals surface area contributed by atoms with Gasteiger partial charge in [-0.25, -0.2) is 9.97 Å². The fourth-order valence-corrected chi connectivity index (χ4v) is 3.63. The first kappa shape index (κ1) is 15.3. The number of aromatic nitrogens is 4. The van der Waals surface area contributed by atoms with Crippen LogP contribution in [0.2, 0.25) is 0 Å². The van der Waals surface area contributed by atoms with Crippen molar-refractivity contribution in [3.05, 3.63) is 12.5 Å². The van der Waals surface area contributed by atoms with Crippen LogP contribution >= 0.6 is 0 Å². The Bertz CT molecular complexity index is 755. The predicted molar refractivity (Wildman–Crippen MR) is 86.5 cm³/mol. The van der Waals surface area contributed by atoms with E-state index in [0.717, 1.165) is 24.0 Å². The van der Waals surface area contributed by atoms with Crippen LogP contribution in [0.4, 0.5) is 5.82 Å². The number of rotatable bonds is 6. The Balaban J connectivity index is 1.50. The van der Waals surface area contributed by atoms with E-state index >= 15 is 0 Å². The number of ether oxygens (including phenoxy) is 2. The number of cyclic esters (lactones) is 1. The molecule has 2 aliphatic rings. The maximum atomic E-state index is 11.7. The maximum absolute atomic E-state index is 11.7. The quantitative estimate of drug-likeness (QED) is 0.799. The zero-order chi connectivity index (χ0) is 16.6. The normalized spacial score (nSPS) is 21.9. The van der Waals surface area contributed by atoms with Crippen molar-refractivity contribution in [2.45, 2.75) is 38.3 Å². The van der Waals surface area contributed by atoms with Crippen LogP contribution < -0.4 is 5.32 Å². The van der Waals surface area contributed by atoms with E-state index in [1.807, 2.05) is 6.20 Å². The van der Waals surface area contributed by atoms with Gasteiger partial charge in [0.15, 0.2) is 5.65 Å². The van der Waals surface area contributed by atoms with E-state index in [4.69, 9.17) is 9.47 Å². The number of nitrogens with one attached hydrogen (secondary N) is 1. The third-order valence-electron chi connectivity index (χ3n) is 5.15. The predicted octanol–water partition coefficient (Wildman–Crippen LogP) is 1.37. The average Bonchev–Trinajstić information content (AvgIpc) is 3.11. The molecule has 1 saturated carbocycles. The Kier molecular flexibility index (Phi) is 3.84. The van der Waals surface area contributed by atoms with Crippen molar-refractivity contribution in [2.75, 3.05) is 25.6 Å². The zero-order valence-corrected chi connectivity index (χ0v) is 13.7. The molecule has 4 rings (SSSR count). The van der Waals surface area contributed by atoms with Crippen LogP contribution in [0.3, 0.4) is 0 Å². The van der Waals surface area contributed by atoms with Crippen molar-refractivity contribution < 1.29 is 14.3 Å². The van der Waals surface area contributed by atoms with Gasteiger partial charge in [-0.05, 0) is 12.8 Å². The number of carbonyl (C=O) groups excluding carboxylic acids is 1. The van der Waals surface area contributed by atoms with Crippen LogP contribution in [0.25, 0.3) is 11.0 Å². The highest BCUT2D eigenvalue weighted by molar-refractivity contribution is 5.85. The Morgan fingerprint density at radius 2 is 2.33 bits per heavy atom. The van der Waals surface area contributed by atoms with Crippen molar-refractivity contribution in [3.63, 3.8) is 0 Å². The summed E-state index contributed by atoms with van der Waals surface area (Å²) < 4.78 is 12.4. The Labute approximate surface area is 139 Å². The largest absolute Gasteiger partial charge is 0.460 e. The minimum Gasteiger partial charge on any atom is -0.460 e. The van der Waals surface area contributed by atoms with Crippen molar-refractivity contribution in [2.24, 2.45) is 5.41 Å². The second-order valence-electron chi connectivity index (χ2n) is 6.60. The number of hydrogen-bond donors (Lipinski definition) is 1. The minimum absolute atomic E-state index is 0.0406. The van der Waals surface area contributed by atoms with Gasteiger partial charge in [-0.15, -0.1) is 0 Å². The summed E-state index contributed by atoms with van der Waals surface area (Å²) in [6.07, 6.45) is 7.20. The summed E-state index contributed by atoms with van der Waals surface area (Å²) >= 11 is 0. The summed E-state index contributed by atoms with van der Waals surface area (Å²) in [5, 5.41) is 8.61. The molecular weight excluding hydrogens is 310 g/mol. The van der Waals surface area contributed by atoms with Gasteiger partial charge in [0.05, 0.1) is 31.5 Å². The van der Waals surface area contributed by atoms with Crippen molar-refractivity contribution in [1.29, 1.82) is 0 Å². The number of esters is 1. The zero-order valence-electron chi connectivity index (χ0n) is 13.7. The summed E-state index contributed by atoms with van der Waals surface area (Å²) in [5.74, 6) is 0.641. The highest BCUT2D eigenvalue weighted by Gasteiger charge is 2.52. The monoisotopic (exact) mass is 331 g/mol. The van der Waals surface area contributed by atoms with Crippen molar-refractivity contribution in [1.82, 2.24) is 19.7 Å². The Morgan fingerprint density at radius 1 is 1.46 bits per heavy atom. The van der Waals surface area contributed by atoms with Gasteiger partial charge in [0.2, 0.25) is 0 Å². The molecule has 1 unspecified atom stereocenters. The van der Waals surface area contributed by atoms with E-state index in [2.05, 4.69) is 20.4 Å². The lowest BCUT2D eigenvalue weighted by Gasteiger charge is -2.40. The van der Waals surface area contributed by atoms with Crippen LogP contribution in [-0.2, 0) is 20.8 Å². The highest BCUT2D eigenvalue weighted by Crippen LogP contribution is 2.51. The van der Waals surface area contributed by atoms with E-state index in [-0.39, 0.29) is 17.5 Å². The van der Waals surface area contributed by atoms with Gasteiger partial charge < -0.3 is 14.8 Å². The lowest BCUT2D eigenvalue weighted by molar-refractivity contribution is -0.141. The molecule has 0 amide bonds. The molecule has 0 bridgehead atoms. The number of hydrogen-bond acceptors (Lipinski definition) is 7. The molecule has 2 aromatic heterocycles. The van der Waals surface area contributed by atoms with Crippen LogP contribution in [0.5, 0.6) is 0 Å². The second-order valence-corrected chi connectivity index (χ2v) is 6.60. The summed E-state index contributed by atoms with van der Waals surface area (Å²) in [4.78, 5) is 20.2. The first-order chi connectivity index (χ1) is 11.7. The van der Waals surface area contributed by atoms with Gasteiger partial charge in [0.1, 0.15) is 18.2 Å². The van der Waals surface area contributed by atoms with Gasteiger partial charge in [-0.3, -0.25) is 9.48 Å². The molecule has 2 aromatic rings. The molecule has 0 aromatic carbocycles. The molecule has 1 aliphatic carbocycles. The SMILES string of the molecule is COCCn1cc2c(NCC3OC(=O)CC34CCC4)ncnc2n1. The van der Waals surface area contributed by atoms with Gasteiger partial charge in [-0.1, -0.05) is 6.42 Å². The molecule has 1 aliphatic heterocycles.